The molecule has 102 valence electrons. The second kappa shape index (κ2) is 5.69. The van der Waals surface area contributed by atoms with Crippen LogP contribution in [0.25, 0.3) is 0 Å². The zero-order valence-electron chi connectivity index (χ0n) is 11.2. The molecule has 3 amide bonds. The van der Waals surface area contributed by atoms with Crippen LogP contribution in [0.15, 0.2) is 0 Å². The fourth-order valence-electron chi connectivity index (χ4n) is 2.46. The summed E-state index contributed by atoms with van der Waals surface area (Å²) >= 11 is 0. The summed E-state index contributed by atoms with van der Waals surface area (Å²) in [7, 11) is 1.50. The largest absolute Gasteiger partial charge is 0.341 e. The number of amides is 3. The van der Waals surface area contributed by atoms with Crippen molar-refractivity contribution in [2.75, 3.05) is 13.6 Å². The van der Waals surface area contributed by atoms with Gasteiger partial charge in [0, 0.05) is 7.05 Å². The van der Waals surface area contributed by atoms with Gasteiger partial charge in [0.25, 0.3) is 0 Å². The van der Waals surface area contributed by atoms with E-state index in [4.69, 9.17) is 0 Å². The Hall–Kier alpha value is -1.10. The van der Waals surface area contributed by atoms with Crippen molar-refractivity contribution in [2.45, 2.75) is 38.6 Å². The first-order valence-corrected chi connectivity index (χ1v) is 6.87. The number of hydrogen-bond donors (Lipinski definition) is 3. The van der Waals surface area contributed by atoms with Gasteiger partial charge in [0.15, 0.2) is 0 Å². The molecular formula is C13H23N3O2. The first-order valence-electron chi connectivity index (χ1n) is 6.87. The molecule has 1 atom stereocenters. The van der Waals surface area contributed by atoms with E-state index in [1.165, 1.54) is 32.7 Å². The minimum atomic E-state index is -0.449. The average molecular weight is 253 g/mol. The van der Waals surface area contributed by atoms with E-state index in [1.807, 2.05) is 0 Å². The van der Waals surface area contributed by atoms with Gasteiger partial charge in [0.1, 0.15) is 0 Å². The van der Waals surface area contributed by atoms with Crippen molar-refractivity contribution < 1.29 is 9.59 Å². The van der Waals surface area contributed by atoms with E-state index in [2.05, 4.69) is 16.0 Å². The molecule has 0 bridgehead atoms. The molecule has 0 aromatic rings. The van der Waals surface area contributed by atoms with E-state index in [1.54, 1.807) is 6.92 Å². The SMILES string of the molecule is CNC(=O)NC(=O)C(C)NCC(C1CC1)C1CC1. The van der Waals surface area contributed by atoms with Gasteiger partial charge < -0.3 is 10.6 Å². The zero-order chi connectivity index (χ0) is 13.1. The summed E-state index contributed by atoms with van der Waals surface area (Å²) in [5, 5.41) is 7.93. The maximum absolute atomic E-state index is 11.7. The van der Waals surface area contributed by atoms with E-state index in [9.17, 15) is 9.59 Å². The van der Waals surface area contributed by atoms with Crippen molar-refractivity contribution in [2.24, 2.45) is 17.8 Å². The smallest absolute Gasteiger partial charge is 0.321 e. The first-order chi connectivity index (χ1) is 8.61. The average Bonchev–Trinajstić information content (AvgIpc) is 3.21. The number of carbonyl (C=O) groups excluding carboxylic acids is 2. The number of imide groups is 1. The molecule has 0 spiro atoms. The molecule has 0 radical (unpaired) electrons. The van der Waals surface area contributed by atoms with Crippen molar-refractivity contribution in [1.82, 2.24) is 16.0 Å². The lowest BCUT2D eigenvalue weighted by Gasteiger charge is -2.19. The molecular weight excluding hydrogens is 230 g/mol. The Morgan fingerprint density at radius 2 is 1.72 bits per heavy atom. The lowest BCUT2D eigenvalue weighted by molar-refractivity contribution is -0.121. The third-order valence-electron chi connectivity index (χ3n) is 3.97. The fraction of sp³-hybridized carbons (Fsp3) is 0.846. The van der Waals surface area contributed by atoms with Gasteiger partial charge in [-0.05, 0) is 56.9 Å². The van der Waals surface area contributed by atoms with Crippen molar-refractivity contribution in [3.8, 4) is 0 Å². The summed E-state index contributed by atoms with van der Waals surface area (Å²) in [6, 6.07) is -0.767. The van der Waals surface area contributed by atoms with Gasteiger partial charge in [0.2, 0.25) is 5.91 Å². The van der Waals surface area contributed by atoms with Crippen LogP contribution in [0, 0.1) is 17.8 Å². The van der Waals surface area contributed by atoms with Crippen LogP contribution in [0.5, 0.6) is 0 Å². The molecule has 5 heteroatoms. The van der Waals surface area contributed by atoms with Gasteiger partial charge in [-0.2, -0.15) is 0 Å². The van der Waals surface area contributed by atoms with E-state index in [0.29, 0.717) is 0 Å². The van der Waals surface area contributed by atoms with Crippen LogP contribution >= 0.6 is 0 Å². The molecule has 2 aliphatic rings. The molecule has 18 heavy (non-hydrogen) atoms. The van der Waals surface area contributed by atoms with Crippen LogP contribution in [0.2, 0.25) is 0 Å². The van der Waals surface area contributed by atoms with Crippen LogP contribution in [-0.2, 0) is 4.79 Å². The Labute approximate surface area is 108 Å². The molecule has 2 rings (SSSR count). The van der Waals surface area contributed by atoms with Crippen molar-refractivity contribution >= 4 is 11.9 Å². The standard InChI is InChI=1S/C13H23N3O2/c1-8(12(17)16-13(18)14-2)15-7-11(9-3-4-9)10-5-6-10/h8-11,15H,3-7H2,1-2H3,(H2,14,16,17,18). The molecule has 2 aliphatic carbocycles. The van der Waals surface area contributed by atoms with Crippen LogP contribution in [0.4, 0.5) is 4.79 Å². The summed E-state index contributed by atoms with van der Waals surface area (Å²) in [4.78, 5) is 22.7. The van der Waals surface area contributed by atoms with Crippen molar-refractivity contribution in [3.05, 3.63) is 0 Å². The molecule has 0 aromatic carbocycles. The maximum Gasteiger partial charge on any atom is 0.321 e. The summed E-state index contributed by atoms with van der Waals surface area (Å²) in [5.41, 5.74) is 0. The number of carbonyl (C=O) groups is 2. The predicted molar refractivity (Wildman–Crippen MR) is 69.0 cm³/mol. The van der Waals surface area contributed by atoms with Crippen LogP contribution in [0.1, 0.15) is 32.6 Å². The van der Waals surface area contributed by atoms with Gasteiger partial charge >= 0.3 is 6.03 Å². The summed E-state index contributed by atoms with van der Waals surface area (Å²) in [6.07, 6.45) is 5.40. The first kappa shape index (κ1) is 13.3. The van der Waals surface area contributed by atoms with E-state index < -0.39 is 6.03 Å². The Kier molecular flexibility index (Phi) is 4.22. The number of nitrogens with one attached hydrogen (secondary N) is 3. The quantitative estimate of drug-likeness (QED) is 0.657. The molecule has 2 fully saturated rings. The second-order valence-electron chi connectivity index (χ2n) is 5.54. The number of urea groups is 1. The molecule has 0 aromatic heterocycles. The third kappa shape index (κ3) is 3.70. The number of rotatable bonds is 6. The lowest BCUT2D eigenvalue weighted by Crippen LogP contribution is -2.48. The topological polar surface area (TPSA) is 70.2 Å². The lowest BCUT2D eigenvalue weighted by atomic mass is 9.97. The minimum Gasteiger partial charge on any atom is -0.341 e. The second-order valence-corrected chi connectivity index (χ2v) is 5.54. The Morgan fingerprint density at radius 1 is 1.17 bits per heavy atom. The summed E-state index contributed by atoms with van der Waals surface area (Å²) in [6.45, 7) is 2.70. The van der Waals surface area contributed by atoms with Crippen LogP contribution in [0.3, 0.4) is 0 Å². The molecule has 3 N–H and O–H groups in total. The Balaban J connectivity index is 1.71. The molecule has 0 saturated heterocycles. The highest BCUT2D eigenvalue weighted by atomic mass is 16.2. The van der Waals surface area contributed by atoms with Gasteiger partial charge in [-0.1, -0.05) is 0 Å². The summed E-state index contributed by atoms with van der Waals surface area (Å²) in [5.74, 6) is 2.22. The molecule has 5 nitrogen and oxygen atoms in total. The van der Waals surface area contributed by atoms with Gasteiger partial charge in [-0.15, -0.1) is 0 Å². The minimum absolute atomic E-state index is 0.264. The summed E-state index contributed by atoms with van der Waals surface area (Å²) < 4.78 is 0. The highest BCUT2D eigenvalue weighted by Crippen LogP contribution is 2.48. The highest BCUT2D eigenvalue weighted by Gasteiger charge is 2.41. The van der Waals surface area contributed by atoms with E-state index in [0.717, 1.165) is 24.3 Å². The molecule has 2 saturated carbocycles. The number of hydrogen-bond acceptors (Lipinski definition) is 3. The highest BCUT2D eigenvalue weighted by molar-refractivity contribution is 5.96. The Bertz CT molecular complexity index is 312. The molecule has 0 heterocycles. The van der Waals surface area contributed by atoms with Crippen molar-refractivity contribution in [1.29, 1.82) is 0 Å². The normalized spacial score (nSPS) is 20.6. The fourth-order valence-corrected chi connectivity index (χ4v) is 2.46. The zero-order valence-corrected chi connectivity index (χ0v) is 11.2. The van der Waals surface area contributed by atoms with E-state index >= 15 is 0 Å². The van der Waals surface area contributed by atoms with Gasteiger partial charge in [-0.25, -0.2) is 4.79 Å². The van der Waals surface area contributed by atoms with Crippen molar-refractivity contribution in [3.63, 3.8) is 0 Å². The third-order valence-corrected chi connectivity index (χ3v) is 3.97. The molecule has 0 aliphatic heterocycles. The van der Waals surface area contributed by atoms with Crippen LogP contribution in [-0.4, -0.2) is 31.6 Å². The predicted octanol–water partition coefficient (Wildman–Crippen LogP) is 0.856. The van der Waals surface area contributed by atoms with E-state index in [-0.39, 0.29) is 11.9 Å². The van der Waals surface area contributed by atoms with Crippen LogP contribution < -0.4 is 16.0 Å². The Morgan fingerprint density at radius 3 is 2.17 bits per heavy atom. The van der Waals surface area contributed by atoms with Gasteiger partial charge in [0.05, 0.1) is 6.04 Å². The molecule has 1 unspecified atom stereocenters. The maximum atomic E-state index is 11.7. The van der Waals surface area contributed by atoms with Gasteiger partial charge in [-0.3, -0.25) is 10.1 Å². The monoisotopic (exact) mass is 253 g/mol.